The molecule has 0 aliphatic heterocycles. The number of rotatable bonds is 3. The Morgan fingerprint density at radius 2 is 2.00 bits per heavy atom. The number of hydrogen-bond acceptors (Lipinski definition) is 2. The molecule has 0 bridgehead atoms. The maximum Gasteiger partial charge on any atom is 0.0761 e. The normalized spacial score (nSPS) is 9.69. The Balaban J connectivity index is 2.62. The molecule has 0 unspecified atom stereocenters. The summed E-state index contributed by atoms with van der Waals surface area (Å²) in [6, 6.07) is 10.2. The minimum Gasteiger partial charge on any atom is -0.350 e. The summed E-state index contributed by atoms with van der Waals surface area (Å²) in [6.45, 7) is 3.17. The van der Waals surface area contributed by atoms with Gasteiger partial charge in [0.2, 0.25) is 0 Å². The van der Waals surface area contributed by atoms with Crippen LogP contribution in [0.1, 0.15) is 12.5 Å². The van der Waals surface area contributed by atoms with E-state index >= 15 is 0 Å². The molecule has 0 aliphatic carbocycles. The van der Waals surface area contributed by atoms with Gasteiger partial charge in [-0.05, 0) is 12.5 Å². The topological polar surface area (TPSA) is 29.3 Å². The van der Waals surface area contributed by atoms with Crippen LogP contribution < -0.4 is 5.73 Å². The molecule has 0 atom stereocenters. The van der Waals surface area contributed by atoms with Crippen LogP contribution >= 0.6 is 12.2 Å². The van der Waals surface area contributed by atoms with Crippen molar-refractivity contribution in [1.29, 1.82) is 0 Å². The summed E-state index contributed by atoms with van der Waals surface area (Å²) in [4.78, 5) is 2.80. The Kier molecular flexibility index (Phi) is 3.86. The summed E-state index contributed by atoms with van der Waals surface area (Å²) in [5, 5.41) is 0. The molecule has 0 spiro atoms. The fourth-order valence-electron chi connectivity index (χ4n) is 1.11. The van der Waals surface area contributed by atoms with E-state index in [4.69, 9.17) is 18.0 Å². The van der Waals surface area contributed by atoms with Gasteiger partial charge in [-0.3, -0.25) is 0 Å². The third-order valence-electron chi connectivity index (χ3n) is 1.88. The number of thiocarbonyl (C=S) groups is 1. The molecule has 70 valence electrons. The van der Waals surface area contributed by atoms with Crippen molar-refractivity contribution in [3.63, 3.8) is 0 Å². The smallest absolute Gasteiger partial charge is 0.0761 e. The second kappa shape index (κ2) is 4.94. The van der Waals surface area contributed by atoms with Crippen molar-refractivity contribution >= 4 is 17.2 Å². The zero-order valence-corrected chi connectivity index (χ0v) is 8.55. The van der Waals surface area contributed by atoms with Gasteiger partial charge in [0.05, 0.1) is 11.7 Å². The quantitative estimate of drug-likeness (QED) is 0.587. The lowest BCUT2D eigenvalue weighted by Crippen LogP contribution is -2.32. The first-order valence-corrected chi connectivity index (χ1v) is 4.64. The first kappa shape index (κ1) is 10.2. The predicted octanol–water partition coefficient (Wildman–Crippen LogP) is 1.75. The molecule has 0 radical (unpaired) electrons. The Morgan fingerprint density at radius 1 is 1.38 bits per heavy atom. The monoisotopic (exact) mass is 194 g/mol. The first-order chi connectivity index (χ1) is 6.24. The molecule has 1 rings (SSSR count). The summed E-state index contributed by atoms with van der Waals surface area (Å²) >= 11 is 5.06. The summed E-state index contributed by atoms with van der Waals surface area (Å²) in [5.74, 6) is 0. The Bertz CT molecular complexity index is 272. The van der Waals surface area contributed by atoms with E-state index in [0.717, 1.165) is 11.5 Å². The average molecular weight is 194 g/mol. The van der Waals surface area contributed by atoms with Crippen molar-refractivity contribution in [3.8, 4) is 0 Å². The predicted molar refractivity (Wildman–Crippen MR) is 59.3 cm³/mol. The minimum atomic E-state index is 0.476. The van der Waals surface area contributed by atoms with Crippen molar-refractivity contribution in [2.24, 2.45) is 5.73 Å². The molecule has 13 heavy (non-hydrogen) atoms. The van der Waals surface area contributed by atoms with Crippen molar-refractivity contribution in [1.82, 2.24) is 4.90 Å². The van der Waals surface area contributed by atoms with Crippen molar-refractivity contribution < 1.29 is 0 Å². The van der Waals surface area contributed by atoms with Gasteiger partial charge in [-0.25, -0.2) is 0 Å². The molecular formula is C10H14N2S. The summed E-state index contributed by atoms with van der Waals surface area (Å²) in [5.41, 5.74) is 6.79. The van der Waals surface area contributed by atoms with Crippen molar-refractivity contribution in [3.05, 3.63) is 35.9 Å². The highest BCUT2D eigenvalue weighted by molar-refractivity contribution is 7.80. The fraction of sp³-hybridized carbons (Fsp3) is 0.300. The van der Waals surface area contributed by atoms with Crippen LogP contribution in [0.15, 0.2) is 30.3 Å². The molecule has 2 nitrogen and oxygen atoms in total. The van der Waals surface area contributed by atoms with Crippen LogP contribution in [0.25, 0.3) is 0 Å². The molecule has 0 aliphatic rings. The van der Waals surface area contributed by atoms with Gasteiger partial charge in [-0.1, -0.05) is 42.5 Å². The molecular weight excluding hydrogens is 180 g/mol. The molecule has 1 aromatic carbocycles. The van der Waals surface area contributed by atoms with E-state index < -0.39 is 0 Å². The Hall–Kier alpha value is -0.930. The van der Waals surface area contributed by atoms with Crippen LogP contribution in [0.4, 0.5) is 0 Å². The minimum absolute atomic E-state index is 0.476. The van der Waals surface area contributed by atoms with Gasteiger partial charge >= 0.3 is 0 Å². The fourth-order valence-corrected chi connectivity index (χ4v) is 1.25. The van der Waals surface area contributed by atoms with E-state index in [1.165, 1.54) is 5.56 Å². The van der Waals surface area contributed by atoms with E-state index in [1.807, 2.05) is 30.0 Å². The van der Waals surface area contributed by atoms with E-state index in [9.17, 15) is 0 Å². The zero-order valence-electron chi connectivity index (χ0n) is 7.73. The molecule has 0 heterocycles. The first-order valence-electron chi connectivity index (χ1n) is 4.23. The lowest BCUT2D eigenvalue weighted by atomic mass is 10.2. The van der Waals surface area contributed by atoms with Gasteiger partial charge in [0.25, 0.3) is 0 Å². The maximum absolute atomic E-state index is 5.56. The zero-order chi connectivity index (χ0) is 9.68. The van der Waals surface area contributed by atoms with Gasteiger partial charge in [0.15, 0.2) is 0 Å². The van der Waals surface area contributed by atoms with Gasteiger partial charge in [0.1, 0.15) is 0 Å². The summed E-state index contributed by atoms with van der Waals surface area (Å²) < 4.78 is 0. The summed E-state index contributed by atoms with van der Waals surface area (Å²) in [6.07, 6.45) is 0. The standard InChI is InChI=1S/C10H14N2S/c1-9(13)12(8-11)7-10-5-3-2-4-6-10/h2-6H,7-8,11H2,1H3. The van der Waals surface area contributed by atoms with Crippen LogP contribution in [-0.4, -0.2) is 16.6 Å². The summed E-state index contributed by atoms with van der Waals surface area (Å²) in [7, 11) is 0. The van der Waals surface area contributed by atoms with Crippen LogP contribution in [0.3, 0.4) is 0 Å². The van der Waals surface area contributed by atoms with E-state index in [2.05, 4.69) is 12.1 Å². The molecule has 0 amide bonds. The molecule has 0 saturated carbocycles. The third-order valence-corrected chi connectivity index (χ3v) is 2.14. The highest BCUT2D eigenvalue weighted by Gasteiger charge is 2.02. The van der Waals surface area contributed by atoms with Gasteiger partial charge in [-0.2, -0.15) is 0 Å². The highest BCUT2D eigenvalue weighted by Crippen LogP contribution is 2.03. The second-order valence-corrected chi connectivity index (χ2v) is 3.48. The van der Waals surface area contributed by atoms with Gasteiger partial charge < -0.3 is 10.6 Å². The number of benzene rings is 1. The molecule has 1 aromatic rings. The van der Waals surface area contributed by atoms with Crippen LogP contribution in [0, 0.1) is 0 Å². The van der Waals surface area contributed by atoms with E-state index in [-0.39, 0.29) is 0 Å². The number of nitrogens with zero attached hydrogens (tertiary/aromatic N) is 1. The lowest BCUT2D eigenvalue weighted by Gasteiger charge is -2.20. The van der Waals surface area contributed by atoms with E-state index in [0.29, 0.717) is 6.67 Å². The van der Waals surface area contributed by atoms with Crippen LogP contribution in [0.5, 0.6) is 0 Å². The Morgan fingerprint density at radius 3 is 2.46 bits per heavy atom. The largest absolute Gasteiger partial charge is 0.350 e. The van der Waals surface area contributed by atoms with Crippen LogP contribution in [0.2, 0.25) is 0 Å². The van der Waals surface area contributed by atoms with Crippen molar-refractivity contribution in [2.75, 3.05) is 6.67 Å². The van der Waals surface area contributed by atoms with E-state index in [1.54, 1.807) is 0 Å². The molecule has 3 heteroatoms. The van der Waals surface area contributed by atoms with Gasteiger partial charge in [0, 0.05) is 6.54 Å². The Labute approximate surface area is 84.3 Å². The molecule has 0 fully saturated rings. The van der Waals surface area contributed by atoms with Crippen molar-refractivity contribution in [2.45, 2.75) is 13.5 Å². The third kappa shape index (κ3) is 3.13. The second-order valence-electron chi connectivity index (χ2n) is 2.89. The van der Waals surface area contributed by atoms with Gasteiger partial charge in [-0.15, -0.1) is 0 Å². The number of nitrogens with two attached hydrogens (primary N) is 1. The average Bonchev–Trinajstić information content (AvgIpc) is 2.15. The van der Waals surface area contributed by atoms with Crippen LogP contribution in [-0.2, 0) is 6.54 Å². The highest BCUT2D eigenvalue weighted by atomic mass is 32.1. The lowest BCUT2D eigenvalue weighted by molar-refractivity contribution is 0.430. The molecule has 0 saturated heterocycles. The molecule has 0 aromatic heterocycles. The molecule has 2 N–H and O–H groups in total. The number of hydrogen-bond donors (Lipinski definition) is 1. The maximum atomic E-state index is 5.56. The SMILES string of the molecule is CC(=S)N(CN)Cc1ccccc1.